The number of hydrogen-bond acceptors (Lipinski definition) is 5. The van der Waals surface area contributed by atoms with Gasteiger partial charge in [-0.25, -0.2) is 14.8 Å². The Balaban J connectivity index is 2.42. The topological polar surface area (TPSA) is 52.1 Å². The summed E-state index contributed by atoms with van der Waals surface area (Å²) in [7, 11) is 1.37. The van der Waals surface area contributed by atoms with E-state index < -0.39 is 0 Å². The molecule has 2 rings (SSSR count). The lowest BCUT2D eigenvalue weighted by atomic mass is 10.2. The molecule has 0 aliphatic rings. The zero-order chi connectivity index (χ0) is 12.4. The van der Waals surface area contributed by atoms with E-state index in [0.717, 1.165) is 14.9 Å². The van der Waals surface area contributed by atoms with Crippen molar-refractivity contribution < 1.29 is 9.53 Å². The van der Waals surface area contributed by atoms with Crippen molar-refractivity contribution in [2.24, 2.45) is 0 Å². The summed E-state index contributed by atoms with van der Waals surface area (Å²) in [5, 5.41) is 0. The van der Waals surface area contributed by atoms with E-state index in [-0.39, 0.29) is 5.97 Å². The van der Waals surface area contributed by atoms with E-state index in [9.17, 15) is 4.79 Å². The fraction of sp³-hybridized carbons (Fsp3) is 0.182. The summed E-state index contributed by atoms with van der Waals surface area (Å²) in [5.74, 6) is 0.276. The van der Waals surface area contributed by atoms with Crippen LogP contribution >= 0.6 is 27.3 Å². The van der Waals surface area contributed by atoms with E-state index >= 15 is 0 Å². The van der Waals surface area contributed by atoms with Crippen molar-refractivity contribution in [1.82, 2.24) is 9.97 Å². The Bertz CT molecular complexity index is 551. The first-order chi connectivity index (χ1) is 8.11. The molecule has 0 saturated carbocycles. The molecule has 0 aliphatic heterocycles. The standard InChI is InChI=1S/C11H9BrN2O2S/c1-6-8(3-9(17-6)11(15)16-2)10-13-4-7(12)5-14-10/h3-5H,1-2H3. The van der Waals surface area contributed by atoms with E-state index in [2.05, 4.69) is 30.6 Å². The Morgan fingerprint density at radius 3 is 2.65 bits per heavy atom. The highest BCUT2D eigenvalue weighted by Gasteiger charge is 2.15. The van der Waals surface area contributed by atoms with Crippen LogP contribution in [-0.2, 0) is 4.74 Å². The number of hydrogen-bond donors (Lipinski definition) is 0. The second-order valence-corrected chi connectivity index (χ2v) is 5.47. The van der Waals surface area contributed by atoms with Crippen LogP contribution in [0.15, 0.2) is 22.9 Å². The van der Waals surface area contributed by atoms with Crippen LogP contribution in [0.1, 0.15) is 14.5 Å². The number of esters is 1. The maximum absolute atomic E-state index is 11.4. The first-order valence-electron chi connectivity index (χ1n) is 4.78. The van der Waals surface area contributed by atoms with Crippen molar-refractivity contribution in [2.75, 3.05) is 7.11 Å². The second-order valence-electron chi connectivity index (χ2n) is 3.30. The number of ether oxygens (including phenoxy) is 1. The minimum atomic E-state index is -0.332. The average molecular weight is 313 g/mol. The van der Waals surface area contributed by atoms with Gasteiger partial charge in [0.25, 0.3) is 0 Å². The van der Waals surface area contributed by atoms with Gasteiger partial charge in [0.05, 0.1) is 11.6 Å². The number of aryl methyl sites for hydroxylation is 1. The molecule has 2 aromatic heterocycles. The maximum atomic E-state index is 11.4. The van der Waals surface area contributed by atoms with Gasteiger partial charge in [0.2, 0.25) is 0 Å². The van der Waals surface area contributed by atoms with Crippen LogP contribution in [-0.4, -0.2) is 23.0 Å². The average Bonchev–Trinajstić information content (AvgIpc) is 2.71. The van der Waals surface area contributed by atoms with Crippen molar-refractivity contribution in [3.63, 3.8) is 0 Å². The first-order valence-corrected chi connectivity index (χ1v) is 6.39. The molecule has 2 aromatic rings. The van der Waals surface area contributed by atoms with Crippen molar-refractivity contribution in [3.8, 4) is 11.4 Å². The van der Waals surface area contributed by atoms with E-state index in [0.29, 0.717) is 10.7 Å². The molecule has 17 heavy (non-hydrogen) atoms. The molecule has 0 atom stereocenters. The third-order valence-electron chi connectivity index (χ3n) is 2.17. The Kier molecular flexibility index (Phi) is 3.54. The van der Waals surface area contributed by atoms with Crippen LogP contribution < -0.4 is 0 Å². The van der Waals surface area contributed by atoms with E-state index in [1.165, 1.54) is 18.4 Å². The quantitative estimate of drug-likeness (QED) is 0.800. The van der Waals surface area contributed by atoms with E-state index in [1.807, 2.05) is 6.92 Å². The van der Waals surface area contributed by atoms with Crippen molar-refractivity contribution in [2.45, 2.75) is 6.92 Å². The molecule has 0 N–H and O–H groups in total. The fourth-order valence-electron chi connectivity index (χ4n) is 1.36. The van der Waals surface area contributed by atoms with Gasteiger partial charge in [-0.1, -0.05) is 0 Å². The van der Waals surface area contributed by atoms with Crippen molar-refractivity contribution >= 4 is 33.2 Å². The summed E-state index contributed by atoms with van der Waals surface area (Å²) in [5.41, 5.74) is 0.864. The van der Waals surface area contributed by atoms with Crippen LogP contribution in [0.4, 0.5) is 0 Å². The van der Waals surface area contributed by atoms with Gasteiger partial charge in [0.1, 0.15) is 4.88 Å². The zero-order valence-electron chi connectivity index (χ0n) is 9.23. The van der Waals surface area contributed by atoms with Crippen LogP contribution in [0.2, 0.25) is 0 Å². The van der Waals surface area contributed by atoms with Crippen molar-refractivity contribution in [1.29, 1.82) is 0 Å². The normalized spacial score (nSPS) is 10.3. The van der Waals surface area contributed by atoms with Crippen molar-refractivity contribution in [3.05, 3.63) is 32.7 Å². The van der Waals surface area contributed by atoms with Gasteiger partial charge in [-0.15, -0.1) is 11.3 Å². The number of nitrogens with zero attached hydrogens (tertiary/aromatic N) is 2. The number of thiophene rings is 1. The summed E-state index contributed by atoms with van der Waals surface area (Å²) < 4.78 is 5.50. The largest absolute Gasteiger partial charge is 0.465 e. The summed E-state index contributed by atoms with van der Waals surface area (Å²) in [6, 6.07) is 1.76. The lowest BCUT2D eigenvalue weighted by Gasteiger charge is -1.97. The molecule has 0 bridgehead atoms. The smallest absolute Gasteiger partial charge is 0.348 e. The molecule has 0 fully saturated rings. The predicted octanol–water partition coefficient (Wildman–Crippen LogP) is 3.06. The molecule has 6 heteroatoms. The number of carbonyl (C=O) groups excluding carboxylic acids is 1. The highest BCUT2D eigenvalue weighted by atomic mass is 79.9. The number of rotatable bonds is 2. The molecule has 0 spiro atoms. The molecule has 0 radical (unpaired) electrons. The highest BCUT2D eigenvalue weighted by molar-refractivity contribution is 9.10. The SMILES string of the molecule is COC(=O)c1cc(-c2ncc(Br)cn2)c(C)s1. The van der Waals surface area contributed by atoms with Gasteiger partial charge in [-0.05, 0) is 28.9 Å². The molecular weight excluding hydrogens is 304 g/mol. The summed E-state index contributed by atoms with van der Waals surface area (Å²) in [4.78, 5) is 21.4. The lowest BCUT2D eigenvalue weighted by Crippen LogP contribution is -1.97. The molecule has 0 aromatic carbocycles. The minimum Gasteiger partial charge on any atom is -0.465 e. The molecule has 0 saturated heterocycles. The van der Waals surface area contributed by atoms with Gasteiger partial charge in [0, 0.05) is 22.8 Å². The van der Waals surface area contributed by atoms with Crippen LogP contribution in [0.25, 0.3) is 11.4 Å². The summed E-state index contributed by atoms with van der Waals surface area (Å²) in [6.45, 7) is 1.93. The number of aromatic nitrogens is 2. The molecule has 2 heterocycles. The van der Waals surface area contributed by atoms with E-state index in [4.69, 9.17) is 0 Å². The Morgan fingerprint density at radius 2 is 2.06 bits per heavy atom. The van der Waals surface area contributed by atoms with Crippen LogP contribution in [0.5, 0.6) is 0 Å². The molecule has 4 nitrogen and oxygen atoms in total. The fourth-order valence-corrected chi connectivity index (χ4v) is 2.49. The van der Waals surface area contributed by atoms with Crippen LogP contribution in [0, 0.1) is 6.92 Å². The summed E-state index contributed by atoms with van der Waals surface area (Å²) >= 11 is 4.66. The molecule has 0 amide bonds. The number of carbonyl (C=O) groups is 1. The maximum Gasteiger partial charge on any atom is 0.348 e. The number of halogens is 1. The third-order valence-corrected chi connectivity index (χ3v) is 3.61. The predicted molar refractivity (Wildman–Crippen MR) is 69.1 cm³/mol. The lowest BCUT2D eigenvalue weighted by molar-refractivity contribution is 0.0606. The third kappa shape index (κ3) is 2.53. The molecule has 88 valence electrons. The Labute approximate surface area is 111 Å². The monoisotopic (exact) mass is 312 g/mol. The van der Waals surface area contributed by atoms with Gasteiger partial charge in [0.15, 0.2) is 5.82 Å². The zero-order valence-corrected chi connectivity index (χ0v) is 11.6. The Morgan fingerprint density at radius 1 is 1.41 bits per heavy atom. The number of methoxy groups -OCH3 is 1. The highest BCUT2D eigenvalue weighted by Crippen LogP contribution is 2.29. The van der Waals surface area contributed by atoms with Gasteiger partial charge < -0.3 is 4.74 Å². The molecule has 0 unspecified atom stereocenters. The molecule has 0 aliphatic carbocycles. The van der Waals surface area contributed by atoms with Gasteiger partial charge >= 0.3 is 5.97 Å². The van der Waals surface area contributed by atoms with Gasteiger partial charge in [-0.2, -0.15) is 0 Å². The van der Waals surface area contributed by atoms with Gasteiger partial charge in [-0.3, -0.25) is 0 Å². The first kappa shape index (κ1) is 12.2. The summed E-state index contributed by atoms with van der Waals surface area (Å²) in [6.07, 6.45) is 3.36. The minimum absolute atomic E-state index is 0.332. The van der Waals surface area contributed by atoms with Crippen LogP contribution in [0.3, 0.4) is 0 Å². The second kappa shape index (κ2) is 4.93. The molecular formula is C11H9BrN2O2S. The van der Waals surface area contributed by atoms with E-state index in [1.54, 1.807) is 18.5 Å². The Hall–Kier alpha value is -1.27.